The number of amides is 2. The van der Waals surface area contributed by atoms with Crippen LogP contribution in [0.2, 0.25) is 0 Å². The molecular formula is C9H16N2O. The van der Waals surface area contributed by atoms with Crippen LogP contribution in [0.25, 0.3) is 0 Å². The molecule has 1 aliphatic heterocycles. The van der Waals surface area contributed by atoms with Crippen LogP contribution in [0.1, 0.15) is 25.7 Å². The van der Waals surface area contributed by atoms with Crippen LogP contribution < -0.4 is 5.32 Å². The number of nitrogens with one attached hydrogen (secondary N) is 1. The summed E-state index contributed by atoms with van der Waals surface area (Å²) in [5.41, 5.74) is 0. The predicted octanol–water partition coefficient (Wildman–Crippen LogP) is 1.20. The summed E-state index contributed by atoms with van der Waals surface area (Å²) in [6.07, 6.45) is 5.38. The first-order valence-corrected chi connectivity index (χ1v) is 4.89. The molecule has 12 heavy (non-hydrogen) atoms. The summed E-state index contributed by atoms with van der Waals surface area (Å²) in [4.78, 5) is 13.0. The Hall–Kier alpha value is -0.730. The normalized spacial score (nSPS) is 24.0. The molecule has 1 saturated carbocycles. The van der Waals surface area contributed by atoms with Gasteiger partial charge in [-0.15, -0.1) is 0 Å². The molecule has 68 valence electrons. The molecule has 2 rings (SSSR count). The maximum atomic E-state index is 11.1. The van der Waals surface area contributed by atoms with Crippen LogP contribution in [0.3, 0.4) is 0 Å². The largest absolute Gasteiger partial charge is 0.336 e. The molecule has 3 nitrogen and oxygen atoms in total. The third kappa shape index (κ3) is 1.54. The Morgan fingerprint density at radius 1 is 1.50 bits per heavy atom. The van der Waals surface area contributed by atoms with E-state index in [1.807, 2.05) is 4.90 Å². The zero-order valence-electron chi connectivity index (χ0n) is 7.38. The molecule has 3 heteroatoms. The van der Waals surface area contributed by atoms with Gasteiger partial charge in [-0.2, -0.15) is 0 Å². The van der Waals surface area contributed by atoms with Crippen molar-refractivity contribution in [1.29, 1.82) is 0 Å². The van der Waals surface area contributed by atoms with Crippen molar-refractivity contribution in [3.8, 4) is 0 Å². The first-order valence-electron chi connectivity index (χ1n) is 4.89. The van der Waals surface area contributed by atoms with Gasteiger partial charge in [0.25, 0.3) is 0 Å². The highest BCUT2D eigenvalue weighted by atomic mass is 16.2. The number of nitrogens with zero attached hydrogens (tertiary/aromatic N) is 1. The minimum atomic E-state index is 0.134. The summed E-state index contributed by atoms with van der Waals surface area (Å²) in [6, 6.07) is 0.134. The Bertz CT molecular complexity index is 177. The van der Waals surface area contributed by atoms with E-state index in [0.29, 0.717) is 0 Å². The fourth-order valence-corrected chi connectivity index (χ4v) is 1.84. The van der Waals surface area contributed by atoms with E-state index in [2.05, 4.69) is 5.32 Å². The highest BCUT2D eigenvalue weighted by Gasteiger charge is 2.22. The molecule has 0 aromatic rings. The first kappa shape index (κ1) is 7.90. The van der Waals surface area contributed by atoms with Crippen molar-refractivity contribution in [2.24, 2.45) is 5.92 Å². The standard InChI is InChI=1S/C9H16N2O/c12-9-10-5-7-11(9)6-4-8-2-1-3-8/h8H,1-7H2,(H,10,12). The van der Waals surface area contributed by atoms with Gasteiger partial charge in [0.1, 0.15) is 0 Å². The highest BCUT2D eigenvalue weighted by molar-refractivity contribution is 5.76. The van der Waals surface area contributed by atoms with Crippen LogP contribution in [-0.2, 0) is 0 Å². The lowest BCUT2D eigenvalue weighted by Crippen LogP contribution is -2.30. The SMILES string of the molecule is O=C1NCCN1CCC1CCC1. The molecule has 1 N–H and O–H groups in total. The third-order valence-electron chi connectivity index (χ3n) is 2.98. The third-order valence-corrected chi connectivity index (χ3v) is 2.98. The molecule has 0 aromatic heterocycles. The van der Waals surface area contributed by atoms with Crippen molar-refractivity contribution in [1.82, 2.24) is 10.2 Å². The van der Waals surface area contributed by atoms with Gasteiger partial charge in [0, 0.05) is 19.6 Å². The summed E-state index contributed by atoms with van der Waals surface area (Å²) in [6.45, 7) is 2.71. The second kappa shape index (κ2) is 3.33. The van der Waals surface area contributed by atoms with Crippen molar-refractivity contribution < 1.29 is 4.79 Å². The summed E-state index contributed by atoms with van der Waals surface area (Å²) in [5.74, 6) is 0.915. The molecule has 0 aromatic carbocycles. The smallest absolute Gasteiger partial charge is 0.317 e. The van der Waals surface area contributed by atoms with Crippen LogP contribution >= 0.6 is 0 Å². The lowest BCUT2D eigenvalue weighted by atomic mass is 9.83. The maximum absolute atomic E-state index is 11.1. The molecule has 1 aliphatic carbocycles. The van der Waals surface area contributed by atoms with Gasteiger partial charge in [0.2, 0.25) is 0 Å². The van der Waals surface area contributed by atoms with Crippen molar-refractivity contribution in [2.45, 2.75) is 25.7 Å². The Morgan fingerprint density at radius 3 is 2.83 bits per heavy atom. The van der Waals surface area contributed by atoms with Gasteiger partial charge in [-0.1, -0.05) is 19.3 Å². The molecule has 0 unspecified atom stereocenters. The van der Waals surface area contributed by atoms with Crippen LogP contribution in [-0.4, -0.2) is 30.6 Å². The van der Waals surface area contributed by atoms with E-state index in [1.165, 1.54) is 25.7 Å². The Kier molecular flexibility index (Phi) is 2.19. The fraction of sp³-hybridized carbons (Fsp3) is 0.889. The van der Waals surface area contributed by atoms with E-state index in [9.17, 15) is 4.79 Å². The van der Waals surface area contributed by atoms with Gasteiger partial charge in [-0.25, -0.2) is 4.79 Å². The van der Waals surface area contributed by atoms with Gasteiger partial charge < -0.3 is 10.2 Å². The van der Waals surface area contributed by atoms with Gasteiger partial charge in [-0.05, 0) is 12.3 Å². The lowest BCUT2D eigenvalue weighted by Gasteiger charge is -2.27. The number of hydrogen-bond donors (Lipinski definition) is 1. The van der Waals surface area contributed by atoms with Crippen LogP contribution in [0.15, 0.2) is 0 Å². The maximum Gasteiger partial charge on any atom is 0.317 e. The monoisotopic (exact) mass is 168 g/mol. The average Bonchev–Trinajstić information content (AvgIpc) is 2.33. The van der Waals surface area contributed by atoms with E-state index >= 15 is 0 Å². The van der Waals surface area contributed by atoms with Crippen molar-refractivity contribution in [3.63, 3.8) is 0 Å². The van der Waals surface area contributed by atoms with Crippen molar-refractivity contribution in [3.05, 3.63) is 0 Å². The number of rotatable bonds is 3. The molecule has 0 radical (unpaired) electrons. The molecule has 0 bridgehead atoms. The Labute approximate surface area is 73.1 Å². The zero-order chi connectivity index (χ0) is 8.39. The highest BCUT2D eigenvalue weighted by Crippen LogP contribution is 2.29. The summed E-state index contributed by atoms with van der Waals surface area (Å²) >= 11 is 0. The lowest BCUT2D eigenvalue weighted by molar-refractivity contribution is 0.205. The van der Waals surface area contributed by atoms with E-state index in [-0.39, 0.29) is 6.03 Å². The molecule has 1 saturated heterocycles. The van der Waals surface area contributed by atoms with Crippen molar-refractivity contribution in [2.75, 3.05) is 19.6 Å². The topological polar surface area (TPSA) is 32.3 Å². The summed E-state index contributed by atoms with van der Waals surface area (Å²) < 4.78 is 0. The molecule has 0 atom stereocenters. The average molecular weight is 168 g/mol. The number of hydrogen-bond acceptors (Lipinski definition) is 1. The van der Waals surface area contributed by atoms with Gasteiger partial charge in [0.05, 0.1) is 0 Å². The quantitative estimate of drug-likeness (QED) is 0.674. The van der Waals surface area contributed by atoms with Crippen LogP contribution in [0.5, 0.6) is 0 Å². The summed E-state index contributed by atoms with van der Waals surface area (Å²) in [7, 11) is 0. The van der Waals surface area contributed by atoms with Gasteiger partial charge >= 0.3 is 6.03 Å². The van der Waals surface area contributed by atoms with E-state index < -0.39 is 0 Å². The first-order chi connectivity index (χ1) is 5.86. The number of urea groups is 1. The fourth-order valence-electron chi connectivity index (χ4n) is 1.84. The molecule has 2 fully saturated rings. The number of carbonyl (C=O) groups excluding carboxylic acids is 1. The Morgan fingerprint density at radius 2 is 2.33 bits per heavy atom. The minimum absolute atomic E-state index is 0.134. The zero-order valence-corrected chi connectivity index (χ0v) is 7.38. The van der Waals surface area contributed by atoms with E-state index in [1.54, 1.807) is 0 Å². The van der Waals surface area contributed by atoms with Crippen molar-refractivity contribution >= 4 is 6.03 Å². The predicted molar refractivity (Wildman–Crippen MR) is 46.9 cm³/mol. The van der Waals surface area contributed by atoms with Gasteiger partial charge in [0.15, 0.2) is 0 Å². The number of carbonyl (C=O) groups is 1. The Balaban J connectivity index is 1.68. The molecule has 0 spiro atoms. The summed E-state index contributed by atoms with van der Waals surface area (Å²) in [5, 5.41) is 2.82. The van der Waals surface area contributed by atoms with Crippen LogP contribution in [0.4, 0.5) is 4.79 Å². The second-order valence-corrected chi connectivity index (χ2v) is 3.80. The molecule has 2 aliphatic rings. The second-order valence-electron chi connectivity index (χ2n) is 3.80. The van der Waals surface area contributed by atoms with E-state index in [4.69, 9.17) is 0 Å². The molecular weight excluding hydrogens is 152 g/mol. The minimum Gasteiger partial charge on any atom is -0.336 e. The molecule has 2 amide bonds. The van der Waals surface area contributed by atoms with E-state index in [0.717, 1.165) is 25.6 Å². The molecule has 1 heterocycles. The van der Waals surface area contributed by atoms with Gasteiger partial charge in [-0.3, -0.25) is 0 Å². The van der Waals surface area contributed by atoms with Crippen LogP contribution in [0, 0.1) is 5.92 Å².